The van der Waals surface area contributed by atoms with E-state index in [0.29, 0.717) is 12.0 Å². The molecule has 0 bridgehead atoms. The minimum Gasteiger partial charge on any atom is -0.309 e. The molecule has 0 fully saturated rings. The summed E-state index contributed by atoms with van der Waals surface area (Å²) in [5, 5.41) is 15.6. The van der Waals surface area contributed by atoms with Gasteiger partial charge in [0.1, 0.15) is 0 Å². The van der Waals surface area contributed by atoms with Crippen molar-refractivity contribution in [1.29, 1.82) is 5.26 Å². The van der Waals surface area contributed by atoms with Crippen LogP contribution in [0.2, 0.25) is 0 Å². The van der Waals surface area contributed by atoms with Crippen molar-refractivity contribution in [3.05, 3.63) is 203 Å². The monoisotopic (exact) mass is 717 g/mol. The van der Waals surface area contributed by atoms with E-state index in [1.807, 2.05) is 6.07 Å². The van der Waals surface area contributed by atoms with Crippen LogP contribution in [0.3, 0.4) is 0 Å². The summed E-state index contributed by atoms with van der Waals surface area (Å²) < 4.78 is 4.80. The van der Waals surface area contributed by atoms with E-state index in [1.54, 1.807) is 0 Å². The number of aryl methyl sites for hydroxylation is 2. The third kappa shape index (κ3) is 5.18. The summed E-state index contributed by atoms with van der Waals surface area (Å²) in [5.41, 5.74) is 18.1. The average Bonchev–Trinajstić information content (AvgIpc) is 3.75. The van der Waals surface area contributed by atoms with Crippen LogP contribution in [0, 0.1) is 32.1 Å². The minimum absolute atomic E-state index is 0.675. The normalized spacial score (nSPS) is 11.5. The van der Waals surface area contributed by atoms with Gasteiger partial charge in [-0.15, -0.1) is 0 Å². The Morgan fingerprint density at radius 1 is 0.464 bits per heavy atom. The number of rotatable bonds is 6. The number of aromatic nitrogens is 2. The molecular formula is C53H39N3. The first kappa shape index (κ1) is 33.4. The van der Waals surface area contributed by atoms with Crippen molar-refractivity contribution in [3.8, 4) is 39.7 Å². The summed E-state index contributed by atoms with van der Waals surface area (Å²) in [6.07, 6.45) is 0.694. The molecule has 0 aliphatic heterocycles. The van der Waals surface area contributed by atoms with E-state index in [2.05, 4.69) is 200 Å². The first-order valence-electron chi connectivity index (χ1n) is 19.3. The molecule has 8 aromatic carbocycles. The van der Waals surface area contributed by atoms with E-state index in [1.165, 1.54) is 71.5 Å². The number of nitriles is 1. The van der Waals surface area contributed by atoms with Crippen LogP contribution >= 0.6 is 0 Å². The Bertz CT molecular complexity index is 3170. The van der Waals surface area contributed by atoms with Crippen LogP contribution in [-0.4, -0.2) is 9.13 Å². The van der Waals surface area contributed by atoms with Gasteiger partial charge in [0, 0.05) is 38.4 Å². The lowest BCUT2D eigenvalue weighted by atomic mass is 9.85. The van der Waals surface area contributed by atoms with Crippen LogP contribution in [0.4, 0.5) is 0 Å². The summed E-state index contributed by atoms with van der Waals surface area (Å²) in [7, 11) is 0. The van der Waals surface area contributed by atoms with Crippen LogP contribution in [0.15, 0.2) is 170 Å². The van der Waals surface area contributed by atoms with Crippen LogP contribution < -0.4 is 0 Å². The summed E-state index contributed by atoms with van der Waals surface area (Å²) in [4.78, 5) is 0. The number of hydrogen-bond acceptors (Lipinski definition) is 1. The van der Waals surface area contributed by atoms with Crippen molar-refractivity contribution >= 4 is 43.6 Å². The van der Waals surface area contributed by atoms with Gasteiger partial charge in [0.15, 0.2) is 0 Å². The fourth-order valence-electron chi connectivity index (χ4n) is 8.99. The zero-order valence-corrected chi connectivity index (χ0v) is 31.7. The second kappa shape index (κ2) is 13.3. The highest BCUT2D eigenvalue weighted by Crippen LogP contribution is 2.42. The Kier molecular flexibility index (Phi) is 7.94. The quantitative estimate of drug-likeness (QED) is 0.169. The summed E-state index contributed by atoms with van der Waals surface area (Å²) >= 11 is 0. The predicted molar refractivity (Wildman–Crippen MR) is 234 cm³/mol. The predicted octanol–water partition coefficient (Wildman–Crippen LogP) is 13.6. The fraction of sp³-hybridized carbons (Fsp3) is 0.0755. The molecule has 0 aliphatic carbocycles. The highest BCUT2D eigenvalue weighted by molar-refractivity contribution is 6.12. The van der Waals surface area contributed by atoms with E-state index >= 15 is 0 Å². The van der Waals surface area contributed by atoms with Crippen molar-refractivity contribution < 1.29 is 0 Å². The molecule has 0 radical (unpaired) electrons. The molecule has 0 aliphatic rings. The third-order valence-corrected chi connectivity index (χ3v) is 11.9. The van der Waals surface area contributed by atoms with Gasteiger partial charge in [0.2, 0.25) is 0 Å². The Labute approximate surface area is 326 Å². The van der Waals surface area contributed by atoms with E-state index < -0.39 is 0 Å². The summed E-state index contributed by atoms with van der Waals surface area (Å²) in [5.74, 6) is 0. The van der Waals surface area contributed by atoms with E-state index in [4.69, 9.17) is 0 Å². The van der Waals surface area contributed by atoms with Crippen molar-refractivity contribution in [3.63, 3.8) is 0 Å². The molecule has 0 spiro atoms. The van der Waals surface area contributed by atoms with E-state index in [0.717, 1.165) is 33.5 Å². The van der Waals surface area contributed by atoms with Gasteiger partial charge < -0.3 is 9.13 Å². The molecule has 56 heavy (non-hydrogen) atoms. The molecular weight excluding hydrogens is 679 g/mol. The molecule has 0 amide bonds. The molecule has 3 heteroatoms. The van der Waals surface area contributed by atoms with Gasteiger partial charge in [-0.25, -0.2) is 0 Å². The van der Waals surface area contributed by atoms with Crippen molar-refractivity contribution in [2.75, 3.05) is 0 Å². The van der Waals surface area contributed by atoms with Crippen molar-refractivity contribution in [2.45, 2.75) is 27.2 Å². The van der Waals surface area contributed by atoms with Crippen molar-refractivity contribution in [1.82, 2.24) is 9.13 Å². The lowest BCUT2D eigenvalue weighted by Crippen LogP contribution is -2.04. The van der Waals surface area contributed by atoms with Crippen LogP contribution in [0.5, 0.6) is 0 Å². The Morgan fingerprint density at radius 3 is 1.73 bits per heavy atom. The molecule has 2 heterocycles. The van der Waals surface area contributed by atoms with Gasteiger partial charge in [-0.1, -0.05) is 127 Å². The maximum atomic E-state index is 10.8. The third-order valence-electron chi connectivity index (χ3n) is 11.9. The number of nitrogens with zero attached hydrogens (tertiary/aromatic N) is 3. The zero-order valence-electron chi connectivity index (χ0n) is 31.7. The van der Waals surface area contributed by atoms with Crippen LogP contribution in [-0.2, 0) is 6.42 Å². The first-order chi connectivity index (χ1) is 27.5. The fourth-order valence-corrected chi connectivity index (χ4v) is 8.99. The average molecular weight is 718 g/mol. The van der Waals surface area contributed by atoms with E-state index in [9.17, 15) is 5.26 Å². The molecule has 0 N–H and O–H groups in total. The van der Waals surface area contributed by atoms with Gasteiger partial charge >= 0.3 is 0 Å². The SMILES string of the molecule is Cc1cccc(-c2ccccc2Cc2c(C)ccc(C#N)c2-c2ccccc2-n2c3ccccc3c3ccc(-n4c5ccccc5c5ccccc54)cc32)c1C. The van der Waals surface area contributed by atoms with Crippen LogP contribution in [0.25, 0.3) is 77.2 Å². The van der Waals surface area contributed by atoms with Gasteiger partial charge in [-0.3, -0.25) is 0 Å². The standard InChI is InChI=1S/C53H39N3/c1-34-15-14-22-40(36(34)3)41-17-5-4-16-37(41)31-47-35(2)27-28-38(33-54)53(47)46-21-9-13-26-51(46)56-50-25-12-8-20-44(50)45-30-29-39(32-52(45)56)55-48-23-10-6-18-42(48)43-19-7-11-24-49(43)55/h4-30,32H,31H2,1-3H3. The molecule has 0 unspecified atom stereocenters. The molecule has 0 atom stereocenters. The highest BCUT2D eigenvalue weighted by Gasteiger charge is 2.22. The lowest BCUT2D eigenvalue weighted by molar-refractivity contribution is 1.14. The highest BCUT2D eigenvalue weighted by atomic mass is 15.0. The van der Waals surface area contributed by atoms with E-state index in [-0.39, 0.29) is 0 Å². The van der Waals surface area contributed by atoms with Crippen molar-refractivity contribution in [2.24, 2.45) is 0 Å². The zero-order chi connectivity index (χ0) is 37.9. The smallest absolute Gasteiger partial charge is 0.0998 e. The Hall–Kier alpha value is -7.15. The number of para-hydroxylation sites is 4. The van der Waals surface area contributed by atoms with Crippen LogP contribution in [0.1, 0.15) is 33.4 Å². The van der Waals surface area contributed by atoms with Gasteiger partial charge in [-0.05, 0) is 109 Å². The molecule has 2 aromatic heterocycles. The Morgan fingerprint density at radius 2 is 1.04 bits per heavy atom. The molecule has 266 valence electrons. The number of fused-ring (bicyclic) bond motifs is 6. The largest absolute Gasteiger partial charge is 0.309 e. The molecule has 10 rings (SSSR count). The topological polar surface area (TPSA) is 33.6 Å². The molecule has 0 saturated heterocycles. The first-order valence-corrected chi connectivity index (χ1v) is 19.3. The number of benzene rings is 8. The second-order valence-corrected chi connectivity index (χ2v) is 14.9. The maximum absolute atomic E-state index is 10.8. The summed E-state index contributed by atoms with van der Waals surface area (Å²) in [6, 6.07) is 63.5. The second-order valence-electron chi connectivity index (χ2n) is 14.9. The molecule has 3 nitrogen and oxygen atoms in total. The Balaban J connectivity index is 1.22. The minimum atomic E-state index is 0.675. The molecule has 10 aromatic rings. The van der Waals surface area contributed by atoms with Gasteiger partial charge in [0.25, 0.3) is 0 Å². The van der Waals surface area contributed by atoms with Gasteiger partial charge in [-0.2, -0.15) is 5.26 Å². The lowest BCUT2D eigenvalue weighted by Gasteiger charge is -2.21. The maximum Gasteiger partial charge on any atom is 0.0998 e. The molecule has 0 saturated carbocycles. The summed E-state index contributed by atoms with van der Waals surface area (Å²) in [6.45, 7) is 6.57. The number of hydrogen-bond donors (Lipinski definition) is 0. The van der Waals surface area contributed by atoms with Gasteiger partial charge in [0.05, 0.1) is 39.4 Å².